The SMILES string of the molecule is CC1CC(C)CN(C2CNCCC2C)C1. The average Bonchev–Trinajstić information content (AvgIpc) is 2.16. The zero-order valence-corrected chi connectivity index (χ0v) is 10.5. The fourth-order valence-electron chi connectivity index (χ4n) is 3.44. The van der Waals surface area contributed by atoms with E-state index in [2.05, 4.69) is 31.0 Å². The third kappa shape index (κ3) is 2.73. The van der Waals surface area contributed by atoms with Crippen LogP contribution in [0.4, 0.5) is 0 Å². The lowest BCUT2D eigenvalue weighted by Gasteiger charge is -2.44. The Balaban J connectivity index is 1.95. The molecule has 0 aliphatic carbocycles. The minimum Gasteiger partial charge on any atom is -0.315 e. The maximum absolute atomic E-state index is 3.55. The Morgan fingerprint density at radius 2 is 1.73 bits per heavy atom. The second-order valence-corrected chi connectivity index (χ2v) is 5.94. The lowest BCUT2D eigenvalue weighted by atomic mass is 9.86. The molecule has 2 fully saturated rings. The first-order chi connectivity index (χ1) is 7.16. The molecule has 0 aromatic rings. The summed E-state index contributed by atoms with van der Waals surface area (Å²) in [7, 11) is 0. The maximum Gasteiger partial charge on any atom is 0.0246 e. The summed E-state index contributed by atoms with van der Waals surface area (Å²) >= 11 is 0. The largest absolute Gasteiger partial charge is 0.315 e. The zero-order valence-electron chi connectivity index (χ0n) is 10.5. The summed E-state index contributed by atoms with van der Waals surface area (Å²) in [5.41, 5.74) is 0. The molecule has 0 aromatic carbocycles. The normalized spacial score (nSPS) is 44.2. The first kappa shape index (κ1) is 11.4. The molecular weight excluding hydrogens is 184 g/mol. The van der Waals surface area contributed by atoms with Gasteiger partial charge < -0.3 is 5.32 Å². The van der Waals surface area contributed by atoms with E-state index in [1.54, 1.807) is 0 Å². The van der Waals surface area contributed by atoms with Gasteiger partial charge in [-0.2, -0.15) is 0 Å². The minimum atomic E-state index is 0.795. The van der Waals surface area contributed by atoms with Crippen molar-refractivity contribution in [1.82, 2.24) is 10.2 Å². The molecule has 4 unspecified atom stereocenters. The molecule has 2 heteroatoms. The van der Waals surface area contributed by atoms with Crippen molar-refractivity contribution in [3.63, 3.8) is 0 Å². The Morgan fingerprint density at radius 3 is 2.33 bits per heavy atom. The van der Waals surface area contributed by atoms with Gasteiger partial charge in [-0.3, -0.25) is 4.90 Å². The van der Waals surface area contributed by atoms with Gasteiger partial charge in [0.15, 0.2) is 0 Å². The quantitative estimate of drug-likeness (QED) is 0.712. The van der Waals surface area contributed by atoms with E-state index in [-0.39, 0.29) is 0 Å². The van der Waals surface area contributed by atoms with Crippen molar-refractivity contribution in [2.75, 3.05) is 26.2 Å². The van der Waals surface area contributed by atoms with Crippen LogP contribution in [0.2, 0.25) is 0 Å². The molecule has 88 valence electrons. The van der Waals surface area contributed by atoms with Crippen LogP contribution in [0.5, 0.6) is 0 Å². The van der Waals surface area contributed by atoms with E-state index < -0.39 is 0 Å². The molecule has 2 saturated heterocycles. The molecule has 0 aromatic heterocycles. The highest BCUT2D eigenvalue weighted by Gasteiger charge is 2.31. The van der Waals surface area contributed by atoms with Crippen LogP contribution >= 0.6 is 0 Å². The van der Waals surface area contributed by atoms with Crippen LogP contribution in [-0.2, 0) is 0 Å². The lowest BCUT2D eigenvalue weighted by molar-refractivity contribution is 0.0564. The van der Waals surface area contributed by atoms with Gasteiger partial charge in [0.1, 0.15) is 0 Å². The highest BCUT2D eigenvalue weighted by Crippen LogP contribution is 2.26. The van der Waals surface area contributed by atoms with Gasteiger partial charge in [0.25, 0.3) is 0 Å². The second kappa shape index (κ2) is 4.84. The van der Waals surface area contributed by atoms with E-state index in [0.29, 0.717) is 0 Å². The van der Waals surface area contributed by atoms with Crippen LogP contribution in [-0.4, -0.2) is 37.1 Å². The number of hydrogen-bond acceptors (Lipinski definition) is 2. The predicted molar refractivity (Wildman–Crippen MR) is 65.0 cm³/mol. The number of likely N-dealkylation sites (tertiary alicyclic amines) is 1. The lowest BCUT2D eigenvalue weighted by Crippen LogP contribution is -2.54. The van der Waals surface area contributed by atoms with Crippen molar-refractivity contribution in [2.45, 2.75) is 39.7 Å². The third-order valence-corrected chi connectivity index (χ3v) is 4.15. The maximum atomic E-state index is 3.55. The molecule has 2 aliphatic heterocycles. The van der Waals surface area contributed by atoms with Crippen LogP contribution in [0.25, 0.3) is 0 Å². The molecule has 0 bridgehead atoms. The van der Waals surface area contributed by atoms with Gasteiger partial charge in [-0.15, -0.1) is 0 Å². The molecule has 15 heavy (non-hydrogen) atoms. The molecule has 0 amide bonds. The van der Waals surface area contributed by atoms with E-state index in [4.69, 9.17) is 0 Å². The number of nitrogens with zero attached hydrogens (tertiary/aromatic N) is 1. The summed E-state index contributed by atoms with van der Waals surface area (Å²) < 4.78 is 0. The molecule has 2 rings (SSSR count). The number of hydrogen-bond donors (Lipinski definition) is 1. The van der Waals surface area contributed by atoms with Gasteiger partial charge in [-0.1, -0.05) is 20.8 Å². The van der Waals surface area contributed by atoms with E-state index in [0.717, 1.165) is 23.8 Å². The standard InChI is InChI=1S/C13H26N2/c1-10-6-11(2)9-15(8-10)13-7-14-5-4-12(13)3/h10-14H,4-9H2,1-3H3. The Kier molecular flexibility index (Phi) is 3.68. The minimum absolute atomic E-state index is 0.795. The summed E-state index contributed by atoms with van der Waals surface area (Å²) in [4.78, 5) is 2.75. The molecule has 1 N–H and O–H groups in total. The fourth-order valence-corrected chi connectivity index (χ4v) is 3.44. The summed E-state index contributed by atoms with van der Waals surface area (Å²) in [6.07, 6.45) is 2.77. The van der Waals surface area contributed by atoms with Gasteiger partial charge >= 0.3 is 0 Å². The van der Waals surface area contributed by atoms with Crippen LogP contribution in [0, 0.1) is 17.8 Å². The number of rotatable bonds is 1. The van der Waals surface area contributed by atoms with Crippen LogP contribution in [0.3, 0.4) is 0 Å². The first-order valence-electron chi connectivity index (χ1n) is 6.61. The van der Waals surface area contributed by atoms with Crippen molar-refractivity contribution >= 4 is 0 Å². The zero-order chi connectivity index (χ0) is 10.8. The van der Waals surface area contributed by atoms with Crippen LogP contribution in [0.15, 0.2) is 0 Å². The smallest absolute Gasteiger partial charge is 0.0246 e. The van der Waals surface area contributed by atoms with Gasteiger partial charge in [0, 0.05) is 25.7 Å². The number of piperidine rings is 2. The highest BCUT2D eigenvalue weighted by molar-refractivity contribution is 4.87. The molecular formula is C13H26N2. The molecule has 2 aliphatic rings. The predicted octanol–water partition coefficient (Wildman–Crippen LogP) is 1.96. The first-order valence-corrected chi connectivity index (χ1v) is 6.61. The summed E-state index contributed by atoms with van der Waals surface area (Å²) in [5, 5.41) is 3.55. The van der Waals surface area contributed by atoms with Crippen LogP contribution in [0.1, 0.15) is 33.6 Å². The number of nitrogens with one attached hydrogen (secondary N) is 1. The van der Waals surface area contributed by atoms with Gasteiger partial charge in [0.2, 0.25) is 0 Å². The molecule has 4 atom stereocenters. The molecule has 0 radical (unpaired) electrons. The van der Waals surface area contributed by atoms with Gasteiger partial charge in [0.05, 0.1) is 0 Å². The van der Waals surface area contributed by atoms with E-state index in [1.807, 2.05) is 0 Å². The third-order valence-electron chi connectivity index (χ3n) is 4.15. The van der Waals surface area contributed by atoms with E-state index >= 15 is 0 Å². The second-order valence-electron chi connectivity index (χ2n) is 5.94. The van der Waals surface area contributed by atoms with Crippen LogP contribution < -0.4 is 5.32 Å². The average molecular weight is 210 g/mol. The van der Waals surface area contributed by atoms with Crippen molar-refractivity contribution in [2.24, 2.45) is 17.8 Å². The highest BCUT2D eigenvalue weighted by atomic mass is 15.2. The van der Waals surface area contributed by atoms with Crippen molar-refractivity contribution < 1.29 is 0 Å². The van der Waals surface area contributed by atoms with Crippen molar-refractivity contribution in [1.29, 1.82) is 0 Å². The Morgan fingerprint density at radius 1 is 1.07 bits per heavy atom. The monoisotopic (exact) mass is 210 g/mol. The van der Waals surface area contributed by atoms with Crippen molar-refractivity contribution in [3.8, 4) is 0 Å². The Labute approximate surface area is 94.4 Å². The van der Waals surface area contributed by atoms with E-state index in [9.17, 15) is 0 Å². The Hall–Kier alpha value is -0.0800. The van der Waals surface area contributed by atoms with E-state index in [1.165, 1.54) is 39.0 Å². The van der Waals surface area contributed by atoms with Gasteiger partial charge in [-0.25, -0.2) is 0 Å². The Bertz CT molecular complexity index is 195. The molecule has 0 saturated carbocycles. The molecule has 2 heterocycles. The van der Waals surface area contributed by atoms with Crippen molar-refractivity contribution in [3.05, 3.63) is 0 Å². The summed E-state index contributed by atoms with van der Waals surface area (Å²) in [5.74, 6) is 2.66. The topological polar surface area (TPSA) is 15.3 Å². The summed E-state index contributed by atoms with van der Waals surface area (Å²) in [6, 6.07) is 0.795. The summed E-state index contributed by atoms with van der Waals surface area (Å²) in [6.45, 7) is 12.3. The molecule has 2 nitrogen and oxygen atoms in total. The molecule has 0 spiro atoms. The van der Waals surface area contributed by atoms with Gasteiger partial charge in [-0.05, 0) is 37.1 Å². The fraction of sp³-hybridized carbons (Fsp3) is 1.00.